The van der Waals surface area contributed by atoms with E-state index in [1.165, 1.54) is 44.1 Å². The van der Waals surface area contributed by atoms with Crippen LogP contribution in [0, 0.1) is 0 Å². The van der Waals surface area contributed by atoms with Gasteiger partial charge in [0, 0.05) is 49.7 Å². The molecule has 0 N–H and O–H groups in total. The number of anilines is 1. The van der Waals surface area contributed by atoms with Crippen molar-refractivity contribution in [2.24, 2.45) is 0 Å². The molecule has 0 aromatic heterocycles. The van der Waals surface area contributed by atoms with Crippen LogP contribution in [-0.2, 0) is 5.41 Å². The minimum absolute atomic E-state index is 0.0315. The van der Waals surface area contributed by atoms with Crippen molar-refractivity contribution < 1.29 is 0 Å². The van der Waals surface area contributed by atoms with Gasteiger partial charge >= 0.3 is 0 Å². The first-order valence-corrected chi connectivity index (χ1v) is 11.5. The minimum Gasteiger partial charge on any atom is -0.372 e. The van der Waals surface area contributed by atoms with Gasteiger partial charge in [-0.1, -0.05) is 19.9 Å². The monoisotopic (exact) mass is 401 g/mol. The van der Waals surface area contributed by atoms with E-state index in [-0.39, 0.29) is 11.0 Å². The lowest BCUT2D eigenvalue weighted by molar-refractivity contribution is 0.401. The van der Waals surface area contributed by atoms with Crippen molar-refractivity contribution in [1.82, 2.24) is 4.58 Å². The molecule has 0 unspecified atom stereocenters. The van der Waals surface area contributed by atoms with Crippen LogP contribution in [0.3, 0.4) is 0 Å². The molecule has 2 aromatic carbocycles. The van der Waals surface area contributed by atoms with Crippen LogP contribution in [0.1, 0.15) is 77.6 Å². The quantitative estimate of drug-likeness (QED) is 0.673. The fraction of sp³-hybridized carbons (Fsp3) is 0.464. The van der Waals surface area contributed by atoms with Crippen LogP contribution in [0.25, 0.3) is 11.6 Å². The van der Waals surface area contributed by atoms with Crippen LogP contribution < -0.4 is 20.1 Å². The first-order valence-electron chi connectivity index (χ1n) is 11.5. The summed E-state index contributed by atoms with van der Waals surface area (Å²) in [4.78, 5) is 2.44. The Hall–Kier alpha value is -2.35. The molecule has 30 heavy (non-hydrogen) atoms. The van der Waals surface area contributed by atoms with Gasteiger partial charge in [-0.15, -0.1) is 0 Å². The van der Waals surface area contributed by atoms with Crippen molar-refractivity contribution in [2.75, 3.05) is 24.5 Å². The molecular weight excluding hydrogens is 364 g/mol. The van der Waals surface area contributed by atoms with Gasteiger partial charge in [0.2, 0.25) is 5.36 Å². The maximum atomic E-state index is 2.55. The summed E-state index contributed by atoms with van der Waals surface area (Å²) in [5, 5.41) is 2.75. The van der Waals surface area contributed by atoms with E-state index in [9.17, 15) is 0 Å². The average Bonchev–Trinajstić information content (AvgIpc) is 2.68. The van der Waals surface area contributed by atoms with Crippen LogP contribution in [-0.4, -0.2) is 25.2 Å². The van der Waals surface area contributed by atoms with Gasteiger partial charge in [0.1, 0.15) is 6.54 Å². The van der Waals surface area contributed by atoms with E-state index in [1.807, 2.05) is 0 Å². The van der Waals surface area contributed by atoms with Crippen LogP contribution in [0.5, 0.6) is 0 Å². The van der Waals surface area contributed by atoms with Gasteiger partial charge in [-0.3, -0.25) is 0 Å². The van der Waals surface area contributed by atoms with Crippen LogP contribution >= 0.6 is 0 Å². The van der Waals surface area contributed by atoms with E-state index in [2.05, 4.69) is 107 Å². The summed E-state index contributed by atoms with van der Waals surface area (Å²) in [7, 11) is 0. The van der Waals surface area contributed by atoms with Gasteiger partial charge in [0.15, 0.2) is 5.54 Å². The number of benzene rings is 2. The summed E-state index contributed by atoms with van der Waals surface area (Å²) in [6, 6.07) is 11.9. The fourth-order valence-corrected chi connectivity index (χ4v) is 5.69. The SMILES string of the molecule is CCN(CC)c1ccc2c(c1)C(C)(C)c1cc3c(cc1=C2)C(C)=CC(C)(C)[N+]=3CC. The lowest BCUT2D eigenvalue weighted by atomic mass is 9.71. The van der Waals surface area contributed by atoms with Gasteiger partial charge < -0.3 is 4.90 Å². The predicted octanol–water partition coefficient (Wildman–Crippen LogP) is 4.71. The summed E-state index contributed by atoms with van der Waals surface area (Å²) in [6.07, 6.45) is 4.81. The molecule has 0 saturated carbocycles. The van der Waals surface area contributed by atoms with E-state index >= 15 is 0 Å². The van der Waals surface area contributed by atoms with Gasteiger partial charge in [-0.05, 0) is 85.5 Å². The molecule has 0 saturated heterocycles. The summed E-state index contributed by atoms with van der Waals surface area (Å²) in [5.41, 5.74) is 8.33. The Morgan fingerprint density at radius 3 is 2.23 bits per heavy atom. The van der Waals surface area contributed by atoms with Crippen LogP contribution in [0.4, 0.5) is 5.69 Å². The van der Waals surface area contributed by atoms with E-state index in [1.54, 1.807) is 0 Å². The molecule has 158 valence electrons. The summed E-state index contributed by atoms with van der Waals surface area (Å²) >= 11 is 0. The molecule has 2 nitrogen and oxygen atoms in total. The maximum absolute atomic E-state index is 2.55. The Bertz CT molecular complexity index is 1160. The molecule has 2 aromatic rings. The Balaban J connectivity index is 2.02. The highest BCUT2D eigenvalue weighted by atomic mass is 15.1. The molecule has 0 radical (unpaired) electrons. The maximum Gasteiger partial charge on any atom is 0.208 e. The number of allylic oxidation sites excluding steroid dienone is 1. The highest BCUT2D eigenvalue weighted by Crippen LogP contribution is 2.37. The highest BCUT2D eigenvalue weighted by molar-refractivity contribution is 5.72. The number of nitrogens with zero attached hydrogens (tertiary/aromatic N) is 2. The molecule has 0 atom stereocenters. The van der Waals surface area contributed by atoms with Gasteiger partial charge in [-0.2, -0.15) is 0 Å². The van der Waals surface area contributed by atoms with Crippen molar-refractivity contribution in [3.8, 4) is 0 Å². The van der Waals surface area contributed by atoms with E-state index in [0.717, 1.165) is 19.6 Å². The third-order valence-corrected chi connectivity index (χ3v) is 7.29. The lowest BCUT2D eigenvalue weighted by Gasteiger charge is -2.34. The standard InChI is InChI=1S/C28H37N2/c1-9-29(10-2)22-13-12-20-14-21-15-23-19(4)18-27(5,6)30(11-3)26(23)17-25(21)28(7,8)24(20)16-22/h12-18H,9-11H2,1-8H3/q+1. The Kier molecular flexibility index (Phi) is 4.96. The second kappa shape index (κ2) is 7.11. The summed E-state index contributed by atoms with van der Waals surface area (Å²) in [6.45, 7) is 21.5. The van der Waals surface area contributed by atoms with Gasteiger partial charge in [0.05, 0.1) is 0 Å². The number of likely N-dealkylation sites (N-methyl/N-ethyl adjacent to an activating group) is 1. The summed E-state index contributed by atoms with van der Waals surface area (Å²) < 4.78 is 2.55. The Labute approximate surface area is 182 Å². The molecule has 0 amide bonds. The number of rotatable bonds is 4. The smallest absolute Gasteiger partial charge is 0.208 e. The number of hydrogen-bond donors (Lipinski definition) is 0. The van der Waals surface area contributed by atoms with Crippen LogP contribution in [0.2, 0.25) is 0 Å². The zero-order chi connectivity index (χ0) is 21.8. The third-order valence-electron chi connectivity index (χ3n) is 7.29. The third kappa shape index (κ3) is 3.04. The Morgan fingerprint density at radius 2 is 1.60 bits per heavy atom. The van der Waals surface area contributed by atoms with E-state index < -0.39 is 0 Å². The molecular formula is C28H37N2+. The van der Waals surface area contributed by atoms with E-state index in [0.29, 0.717) is 0 Å². The van der Waals surface area contributed by atoms with Crippen molar-refractivity contribution >= 4 is 17.3 Å². The minimum atomic E-state index is -0.0315. The second-order valence-corrected chi connectivity index (χ2v) is 9.90. The lowest BCUT2D eigenvalue weighted by Crippen LogP contribution is -2.50. The zero-order valence-corrected chi connectivity index (χ0v) is 20.1. The number of fused-ring (bicyclic) bond motifs is 3. The Morgan fingerprint density at radius 1 is 0.900 bits per heavy atom. The highest BCUT2D eigenvalue weighted by Gasteiger charge is 2.35. The van der Waals surface area contributed by atoms with E-state index in [4.69, 9.17) is 0 Å². The average molecular weight is 402 g/mol. The molecule has 4 rings (SSSR count). The fourth-order valence-electron chi connectivity index (χ4n) is 5.69. The van der Waals surface area contributed by atoms with Gasteiger partial charge in [-0.25, -0.2) is 4.58 Å². The molecule has 2 heteroatoms. The molecule has 1 aliphatic heterocycles. The molecule has 0 spiro atoms. The van der Waals surface area contributed by atoms with Crippen molar-refractivity contribution in [2.45, 2.75) is 66.3 Å². The number of hydrogen-bond acceptors (Lipinski definition) is 1. The topological polar surface area (TPSA) is 6.25 Å². The normalized spacial score (nSPS) is 18.0. The summed E-state index contributed by atoms with van der Waals surface area (Å²) in [5.74, 6) is 0. The van der Waals surface area contributed by atoms with Crippen molar-refractivity contribution in [1.29, 1.82) is 0 Å². The largest absolute Gasteiger partial charge is 0.372 e. The second-order valence-electron chi connectivity index (χ2n) is 9.90. The molecule has 2 aliphatic rings. The zero-order valence-electron chi connectivity index (χ0n) is 20.1. The van der Waals surface area contributed by atoms with Crippen molar-refractivity contribution in [3.05, 3.63) is 69.2 Å². The van der Waals surface area contributed by atoms with Gasteiger partial charge in [0.25, 0.3) is 0 Å². The van der Waals surface area contributed by atoms with Crippen LogP contribution in [0.15, 0.2) is 36.4 Å². The molecule has 0 bridgehead atoms. The first kappa shape index (κ1) is 20.9. The first-order chi connectivity index (χ1) is 14.1. The predicted molar refractivity (Wildman–Crippen MR) is 131 cm³/mol. The molecule has 1 aliphatic carbocycles. The molecule has 0 fully saturated rings. The molecule has 1 heterocycles. The van der Waals surface area contributed by atoms with Crippen molar-refractivity contribution in [3.63, 3.8) is 0 Å².